The number of alkyl halides is 3. The number of benzene rings is 1. The van der Waals surface area contributed by atoms with Gasteiger partial charge in [0.05, 0.1) is 11.0 Å². The van der Waals surface area contributed by atoms with Gasteiger partial charge in [-0.25, -0.2) is 4.98 Å². The highest BCUT2D eigenvalue weighted by atomic mass is 19.4. The summed E-state index contributed by atoms with van der Waals surface area (Å²) in [6, 6.07) is 5.62. The predicted octanol–water partition coefficient (Wildman–Crippen LogP) is 3.45. The molecule has 2 fully saturated rings. The molecule has 4 rings (SSSR count). The van der Waals surface area contributed by atoms with E-state index in [0.717, 1.165) is 17.7 Å². The number of hydrogen-bond donors (Lipinski definition) is 0. The van der Waals surface area contributed by atoms with Crippen LogP contribution in [0, 0.1) is 0 Å². The molecular formula is C22H27F3N4O2. The van der Waals surface area contributed by atoms with E-state index in [1.807, 2.05) is 0 Å². The number of amides is 1. The van der Waals surface area contributed by atoms with E-state index in [-0.39, 0.29) is 16.9 Å². The van der Waals surface area contributed by atoms with Gasteiger partial charge in [0.25, 0.3) is 5.56 Å². The molecule has 0 bridgehead atoms. The Kier molecular flexibility index (Phi) is 6.05. The summed E-state index contributed by atoms with van der Waals surface area (Å²) in [5.41, 5.74) is -2.51. The van der Waals surface area contributed by atoms with Crippen molar-refractivity contribution in [1.82, 2.24) is 19.4 Å². The molecule has 1 saturated carbocycles. The van der Waals surface area contributed by atoms with Crippen molar-refractivity contribution < 1.29 is 18.0 Å². The Hall–Kier alpha value is -2.42. The highest BCUT2D eigenvalue weighted by Gasteiger charge is 2.39. The lowest BCUT2D eigenvalue weighted by atomic mass is 9.94. The molecule has 2 aliphatic rings. The van der Waals surface area contributed by atoms with Crippen LogP contribution >= 0.6 is 0 Å². The second-order valence-electron chi connectivity index (χ2n) is 8.45. The van der Waals surface area contributed by atoms with Crippen molar-refractivity contribution in [2.45, 2.75) is 57.3 Å². The molecule has 6 nitrogen and oxygen atoms in total. The summed E-state index contributed by atoms with van der Waals surface area (Å²) < 4.78 is 41.2. The molecule has 1 saturated heterocycles. The molecule has 1 aliphatic carbocycles. The number of carbonyl (C=O) groups is 1. The number of aromatic nitrogens is 2. The molecule has 0 radical (unpaired) electrons. The van der Waals surface area contributed by atoms with E-state index in [1.54, 1.807) is 17.0 Å². The summed E-state index contributed by atoms with van der Waals surface area (Å²) in [6.07, 6.45) is 1.23. The van der Waals surface area contributed by atoms with Crippen LogP contribution in [0.5, 0.6) is 0 Å². The van der Waals surface area contributed by atoms with E-state index < -0.39 is 23.5 Å². The molecule has 1 unspecified atom stereocenters. The van der Waals surface area contributed by atoms with Crippen molar-refractivity contribution in [2.24, 2.45) is 0 Å². The topological polar surface area (TPSA) is 58.4 Å². The number of hydrogen-bond acceptors (Lipinski definition) is 4. The maximum Gasteiger partial charge on any atom is 0.438 e. The van der Waals surface area contributed by atoms with Crippen molar-refractivity contribution in [3.05, 3.63) is 40.3 Å². The number of rotatable bonds is 3. The zero-order valence-electron chi connectivity index (χ0n) is 17.6. The lowest BCUT2D eigenvalue weighted by molar-refractivity contribution is -0.143. The van der Waals surface area contributed by atoms with Crippen LogP contribution in [0.4, 0.5) is 13.2 Å². The molecule has 1 amide bonds. The van der Waals surface area contributed by atoms with E-state index >= 15 is 0 Å². The largest absolute Gasteiger partial charge is 0.438 e. The summed E-state index contributed by atoms with van der Waals surface area (Å²) in [7, 11) is 0. The first-order valence-corrected chi connectivity index (χ1v) is 10.9. The Labute approximate surface area is 178 Å². The maximum atomic E-state index is 13.4. The van der Waals surface area contributed by atoms with Gasteiger partial charge in [0.15, 0.2) is 0 Å². The quantitative estimate of drug-likeness (QED) is 0.740. The van der Waals surface area contributed by atoms with Crippen molar-refractivity contribution in [3.8, 4) is 0 Å². The Morgan fingerprint density at radius 2 is 1.71 bits per heavy atom. The number of piperazine rings is 1. The van der Waals surface area contributed by atoms with E-state index in [4.69, 9.17) is 0 Å². The van der Waals surface area contributed by atoms with Gasteiger partial charge >= 0.3 is 6.18 Å². The lowest BCUT2D eigenvalue weighted by Gasteiger charge is -2.41. The van der Waals surface area contributed by atoms with Crippen LogP contribution in [0.1, 0.15) is 50.8 Å². The third-order valence-electron chi connectivity index (χ3n) is 6.53. The lowest BCUT2D eigenvalue weighted by Crippen LogP contribution is -2.53. The zero-order chi connectivity index (χ0) is 22.2. The van der Waals surface area contributed by atoms with E-state index in [2.05, 4.69) is 9.88 Å². The Morgan fingerprint density at radius 1 is 1.06 bits per heavy atom. The minimum absolute atomic E-state index is 0.0381. The molecule has 0 spiro atoms. The van der Waals surface area contributed by atoms with Gasteiger partial charge in [0, 0.05) is 32.2 Å². The molecule has 9 heteroatoms. The number of halogens is 3. The highest BCUT2D eigenvalue weighted by Crippen LogP contribution is 2.28. The van der Waals surface area contributed by atoms with Crippen LogP contribution in [0.2, 0.25) is 0 Å². The minimum atomic E-state index is -4.89. The van der Waals surface area contributed by atoms with Crippen LogP contribution in [-0.4, -0.2) is 57.5 Å². The second-order valence-corrected chi connectivity index (χ2v) is 8.45. The summed E-state index contributed by atoms with van der Waals surface area (Å²) in [5.74, 6) is -0.338. The third kappa shape index (κ3) is 4.33. The molecule has 168 valence electrons. The van der Waals surface area contributed by atoms with Crippen molar-refractivity contribution in [3.63, 3.8) is 0 Å². The molecule has 1 atom stereocenters. The first-order chi connectivity index (χ1) is 14.8. The monoisotopic (exact) mass is 436 g/mol. The Balaban J connectivity index is 1.58. The van der Waals surface area contributed by atoms with Crippen molar-refractivity contribution in [1.29, 1.82) is 0 Å². The van der Waals surface area contributed by atoms with Gasteiger partial charge < -0.3 is 4.90 Å². The number of fused-ring (bicyclic) bond motifs is 1. The molecule has 2 heterocycles. The smallest absolute Gasteiger partial charge is 0.338 e. The van der Waals surface area contributed by atoms with E-state index in [1.165, 1.54) is 51.2 Å². The average molecular weight is 436 g/mol. The van der Waals surface area contributed by atoms with Crippen LogP contribution in [0.15, 0.2) is 29.1 Å². The van der Waals surface area contributed by atoms with Gasteiger partial charge in [-0.2, -0.15) is 13.2 Å². The summed E-state index contributed by atoms with van der Waals surface area (Å²) in [5, 5.41) is 0. The van der Waals surface area contributed by atoms with Gasteiger partial charge in [-0.15, -0.1) is 0 Å². The van der Waals surface area contributed by atoms with Crippen LogP contribution in [0.25, 0.3) is 11.0 Å². The summed E-state index contributed by atoms with van der Waals surface area (Å²) >= 11 is 0. The highest BCUT2D eigenvalue weighted by molar-refractivity contribution is 5.83. The van der Waals surface area contributed by atoms with Crippen molar-refractivity contribution in [2.75, 3.05) is 26.2 Å². The molecule has 1 aliphatic heterocycles. The number of para-hydroxylation sites is 2. The second kappa shape index (κ2) is 8.61. The summed E-state index contributed by atoms with van der Waals surface area (Å²) in [4.78, 5) is 33.5. The van der Waals surface area contributed by atoms with Crippen molar-refractivity contribution >= 4 is 16.9 Å². The fourth-order valence-electron chi connectivity index (χ4n) is 4.85. The minimum Gasteiger partial charge on any atom is -0.338 e. The zero-order valence-corrected chi connectivity index (χ0v) is 17.6. The SMILES string of the molecule is CC(C(=O)N1CCN(C2CCCCC2)CC1)n1c(=O)c(C(F)(F)F)nc2ccccc21. The van der Waals surface area contributed by atoms with E-state index in [9.17, 15) is 22.8 Å². The first kappa shape index (κ1) is 21.8. The van der Waals surface area contributed by atoms with Gasteiger partial charge in [0.1, 0.15) is 6.04 Å². The number of nitrogens with zero attached hydrogens (tertiary/aromatic N) is 4. The Bertz CT molecular complexity index is 1010. The molecular weight excluding hydrogens is 409 g/mol. The molecule has 31 heavy (non-hydrogen) atoms. The average Bonchev–Trinajstić information content (AvgIpc) is 2.78. The van der Waals surface area contributed by atoms with Crippen LogP contribution in [0.3, 0.4) is 0 Å². The van der Waals surface area contributed by atoms with Crippen LogP contribution in [-0.2, 0) is 11.0 Å². The molecule has 0 N–H and O–H groups in total. The Morgan fingerprint density at radius 3 is 2.35 bits per heavy atom. The van der Waals surface area contributed by atoms with Gasteiger partial charge in [-0.05, 0) is 31.9 Å². The molecule has 1 aromatic heterocycles. The fourth-order valence-corrected chi connectivity index (χ4v) is 4.85. The van der Waals surface area contributed by atoms with Gasteiger partial charge in [-0.3, -0.25) is 19.1 Å². The maximum absolute atomic E-state index is 13.4. The normalized spacial score (nSPS) is 20.2. The number of carbonyl (C=O) groups excluding carboxylic acids is 1. The molecule has 2 aromatic rings. The predicted molar refractivity (Wildman–Crippen MR) is 111 cm³/mol. The molecule has 1 aromatic carbocycles. The van der Waals surface area contributed by atoms with E-state index in [0.29, 0.717) is 19.1 Å². The summed E-state index contributed by atoms with van der Waals surface area (Å²) in [6.45, 7) is 4.03. The van der Waals surface area contributed by atoms with Crippen LogP contribution < -0.4 is 5.56 Å². The van der Waals surface area contributed by atoms with Gasteiger partial charge in [0.2, 0.25) is 11.6 Å². The standard InChI is InChI=1S/C22H27F3N4O2/c1-15(20(30)28-13-11-27(12-14-28)16-7-3-2-4-8-16)29-18-10-6-5-9-17(18)26-19(21(29)31)22(23,24)25/h5-6,9-10,15-16H,2-4,7-8,11-14H2,1H3. The van der Waals surface area contributed by atoms with Gasteiger partial charge in [-0.1, -0.05) is 31.4 Å². The third-order valence-corrected chi connectivity index (χ3v) is 6.53. The first-order valence-electron chi connectivity index (χ1n) is 10.9. The fraction of sp³-hybridized carbons (Fsp3) is 0.591.